The Morgan fingerprint density at radius 1 is 1.28 bits per heavy atom. The van der Waals surface area contributed by atoms with Crippen molar-refractivity contribution >= 4 is 34.6 Å². The molecular formula is C21H19FN6O4. The number of halogens is 1. The summed E-state index contributed by atoms with van der Waals surface area (Å²) in [5.74, 6) is -1.19. The predicted molar refractivity (Wildman–Crippen MR) is 112 cm³/mol. The van der Waals surface area contributed by atoms with Crippen LogP contribution in [0.3, 0.4) is 0 Å². The van der Waals surface area contributed by atoms with Crippen LogP contribution in [0.15, 0.2) is 53.3 Å². The third kappa shape index (κ3) is 3.53. The number of nitrogens with two attached hydrogens (primary N) is 1. The van der Waals surface area contributed by atoms with Crippen molar-refractivity contribution in [3.63, 3.8) is 0 Å². The quantitative estimate of drug-likeness (QED) is 0.329. The minimum Gasteiger partial charge on any atom is -0.467 e. The summed E-state index contributed by atoms with van der Waals surface area (Å²) in [5.41, 5.74) is 4.83. The molecule has 3 aromatic heterocycles. The van der Waals surface area contributed by atoms with Gasteiger partial charge in [-0.05, 0) is 36.8 Å². The number of carbonyl (C=O) groups is 2. The molecular weight excluding hydrogens is 419 g/mol. The first-order chi connectivity index (χ1) is 15.3. The first-order valence-electron chi connectivity index (χ1n) is 9.51. The number of anilines is 2. The molecule has 0 bridgehead atoms. The summed E-state index contributed by atoms with van der Waals surface area (Å²) in [4.78, 5) is 33.5. The van der Waals surface area contributed by atoms with Crippen LogP contribution in [0.2, 0.25) is 0 Å². The number of carbonyl (C=O) groups excluding carboxylic acids is 2. The number of hydrogen-bond acceptors (Lipinski definition) is 9. The number of Topliss-reactive ketones (excluding diaryl/α,β-unsaturated/α-hetero) is 1. The van der Waals surface area contributed by atoms with Crippen molar-refractivity contribution in [2.75, 3.05) is 24.7 Å². The molecule has 1 atom stereocenters. The predicted octanol–water partition coefficient (Wildman–Crippen LogP) is 2.37. The number of benzene rings is 1. The Bertz CT molecular complexity index is 1300. The Labute approximate surface area is 181 Å². The summed E-state index contributed by atoms with van der Waals surface area (Å²) in [6.07, 6.45) is 2.83. The van der Waals surface area contributed by atoms with Gasteiger partial charge in [0.1, 0.15) is 11.6 Å². The third-order valence-corrected chi connectivity index (χ3v) is 5.05. The highest BCUT2D eigenvalue weighted by Crippen LogP contribution is 2.32. The number of methoxy groups -OCH3 is 1. The minimum absolute atomic E-state index is 0.112. The maximum atomic E-state index is 14.0. The average molecular weight is 438 g/mol. The maximum absolute atomic E-state index is 14.0. The molecule has 11 heteroatoms. The molecule has 0 aliphatic rings. The molecule has 1 aromatic carbocycles. The Morgan fingerprint density at radius 3 is 2.78 bits per heavy atom. The number of fused-ring (bicyclic) bond motifs is 1. The van der Waals surface area contributed by atoms with Crippen molar-refractivity contribution in [2.45, 2.75) is 12.5 Å². The number of hydrogen-bond donors (Lipinski definition) is 2. The highest BCUT2D eigenvalue weighted by Gasteiger charge is 2.41. The highest BCUT2D eigenvalue weighted by molar-refractivity contribution is 5.98. The zero-order valence-electron chi connectivity index (χ0n) is 17.2. The van der Waals surface area contributed by atoms with Crippen molar-refractivity contribution in [3.05, 3.63) is 66.0 Å². The second kappa shape index (κ2) is 8.10. The summed E-state index contributed by atoms with van der Waals surface area (Å²) in [6, 6.07) is 8.70. The number of nitrogens with one attached hydrogen (secondary N) is 1. The molecule has 0 saturated carbocycles. The van der Waals surface area contributed by atoms with Gasteiger partial charge in [0.05, 0.1) is 31.5 Å². The van der Waals surface area contributed by atoms with Crippen molar-refractivity contribution < 1.29 is 23.1 Å². The van der Waals surface area contributed by atoms with Crippen LogP contribution < -0.4 is 11.1 Å². The molecule has 3 heterocycles. The fraction of sp³-hybridized carbons (Fsp3) is 0.190. The maximum Gasteiger partial charge on any atom is 0.338 e. The number of aromatic nitrogens is 4. The largest absolute Gasteiger partial charge is 0.467 e. The standard InChI is InChI=1S/C21H19FN6O4/c1-21(19(30)31-2,12-5-3-6-13(22)9-12)28-18-14(10-25-28)17(26-20(23)27-18)24-11-15(29)16-7-4-8-32-16/h3-10H,11H2,1-2H3,(H3,23,24,26,27). The summed E-state index contributed by atoms with van der Waals surface area (Å²) in [7, 11) is 1.22. The van der Waals surface area contributed by atoms with Gasteiger partial charge in [-0.2, -0.15) is 15.1 Å². The van der Waals surface area contributed by atoms with Gasteiger partial charge in [-0.3, -0.25) is 4.79 Å². The van der Waals surface area contributed by atoms with E-state index < -0.39 is 17.3 Å². The lowest BCUT2D eigenvalue weighted by atomic mass is 9.92. The van der Waals surface area contributed by atoms with E-state index in [2.05, 4.69) is 20.4 Å². The van der Waals surface area contributed by atoms with Crippen LogP contribution in [0.5, 0.6) is 0 Å². The van der Waals surface area contributed by atoms with Crippen LogP contribution in [-0.4, -0.2) is 45.2 Å². The van der Waals surface area contributed by atoms with Gasteiger partial charge in [0.2, 0.25) is 11.7 Å². The Morgan fingerprint density at radius 2 is 2.09 bits per heavy atom. The van der Waals surface area contributed by atoms with E-state index in [9.17, 15) is 14.0 Å². The van der Waals surface area contributed by atoms with Gasteiger partial charge >= 0.3 is 5.97 Å². The van der Waals surface area contributed by atoms with Crippen LogP contribution in [-0.2, 0) is 15.1 Å². The topological polar surface area (TPSA) is 138 Å². The highest BCUT2D eigenvalue weighted by atomic mass is 19.1. The lowest BCUT2D eigenvalue weighted by Gasteiger charge is -2.28. The number of ether oxygens (including phenoxy) is 1. The van der Waals surface area contributed by atoms with E-state index >= 15 is 0 Å². The van der Waals surface area contributed by atoms with Gasteiger partial charge in [0.15, 0.2) is 16.9 Å². The molecule has 0 fully saturated rings. The lowest BCUT2D eigenvalue weighted by Crippen LogP contribution is -2.42. The molecule has 4 aromatic rings. The first kappa shape index (κ1) is 21.0. The van der Waals surface area contributed by atoms with E-state index in [1.54, 1.807) is 18.2 Å². The van der Waals surface area contributed by atoms with Crippen LogP contribution in [0, 0.1) is 5.82 Å². The molecule has 0 saturated heterocycles. The van der Waals surface area contributed by atoms with E-state index in [-0.39, 0.29) is 35.5 Å². The van der Waals surface area contributed by atoms with E-state index in [1.807, 2.05) is 0 Å². The van der Waals surface area contributed by atoms with E-state index in [4.69, 9.17) is 14.9 Å². The average Bonchev–Trinajstić information content (AvgIpc) is 3.46. The Kier molecular flexibility index (Phi) is 5.31. The van der Waals surface area contributed by atoms with E-state index in [0.717, 1.165) is 0 Å². The SMILES string of the molecule is COC(=O)C(C)(c1cccc(F)c1)n1ncc2c(NCC(=O)c3ccco3)nc(N)nc21. The van der Waals surface area contributed by atoms with Gasteiger partial charge in [-0.15, -0.1) is 0 Å². The van der Waals surface area contributed by atoms with E-state index in [1.165, 1.54) is 49.4 Å². The fourth-order valence-electron chi connectivity index (χ4n) is 3.39. The molecule has 10 nitrogen and oxygen atoms in total. The fourth-order valence-corrected chi connectivity index (χ4v) is 3.39. The van der Waals surface area contributed by atoms with Crippen LogP contribution in [0.4, 0.5) is 16.2 Å². The molecule has 0 radical (unpaired) electrons. The summed E-state index contributed by atoms with van der Waals surface area (Å²) in [6.45, 7) is 1.41. The summed E-state index contributed by atoms with van der Waals surface area (Å²) < 4.78 is 25.3. The number of nitrogens with zero attached hydrogens (tertiary/aromatic N) is 4. The normalized spacial score (nSPS) is 13.0. The molecule has 1 unspecified atom stereocenters. The second-order valence-corrected chi connectivity index (χ2v) is 7.05. The monoisotopic (exact) mass is 438 g/mol. The number of esters is 1. The summed E-state index contributed by atoms with van der Waals surface area (Å²) >= 11 is 0. The van der Waals surface area contributed by atoms with Gasteiger partial charge in [-0.25, -0.2) is 13.9 Å². The van der Waals surface area contributed by atoms with Crippen LogP contribution >= 0.6 is 0 Å². The lowest BCUT2D eigenvalue weighted by molar-refractivity contribution is -0.148. The third-order valence-electron chi connectivity index (χ3n) is 5.05. The van der Waals surface area contributed by atoms with Gasteiger partial charge in [0, 0.05) is 0 Å². The first-order valence-corrected chi connectivity index (χ1v) is 9.51. The minimum atomic E-state index is -1.55. The molecule has 164 valence electrons. The number of furan rings is 1. The van der Waals surface area contributed by atoms with Gasteiger partial charge < -0.3 is 20.2 Å². The summed E-state index contributed by atoms with van der Waals surface area (Å²) in [5, 5.41) is 7.62. The van der Waals surface area contributed by atoms with Crippen molar-refractivity contribution in [1.29, 1.82) is 0 Å². The molecule has 0 aliphatic carbocycles. The Balaban J connectivity index is 1.79. The zero-order valence-corrected chi connectivity index (χ0v) is 17.2. The van der Waals surface area contributed by atoms with Crippen molar-refractivity contribution in [3.8, 4) is 0 Å². The molecule has 0 spiro atoms. The molecule has 0 amide bonds. The molecule has 4 rings (SSSR count). The van der Waals surface area contributed by atoms with Gasteiger partial charge in [-0.1, -0.05) is 12.1 Å². The molecule has 32 heavy (non-hydrogen) atoms. The van der Waals surface area contributed by atoms with Crippen LogP contribution in [0.25, 0.3) is 11.0 Å². The molecule has 3 N–H and O–H groups in total. The van der Waals surface area contributed by atoms with E-state index in [0.29, 0.717) is 10.9 Å². The smallest absolute Gasteiger partial charge is 0.338 e. The Hall–Kier alpha value is -4.28. The van der Waals surface area contributed by atoms with Crippen molar-refractivity contribution in [2.24, 2.45) is 0 Å². The second-order valence-electron chi connectivity index (χ2n) is 7.05. The van der Waals surface area contributed by atoms with Crippen LogP contribution in [0.1, 0.15) is 23.0 Å². The van der Waals surface area contributed by atoms with Crippen molar-refractivity contribution in [1.82, 2.24) is 19.7 Å². The zero-order chi connectivity index (χ0) is 22.9. The number of nitrogen functional groups attached to an aromatic ring is 1. The van der Waals surface area contributed by atoms with Gasteiger partial charge in [0.25, 0.3) is 0 Å². The number of rotatable bonds is 7. The molecule has 0 aliphatic heterocycles. The number of ketones is 1.